The zero-order chi connectivity index (χ0) is 24.8. The van der Waals surface area contributed by atoms with Gasteiger partial charge < -0.3 is 10.6 Å². The lowest BCUT2D eigenvalue weighted by atomic mass is 10.1. The van der Waals surface area contributed by atoms with Crippen molar-refractivity contribution in [3.8, 4) is 0 Å². The van der Waals surface area contributed by atoms with Crippen LogP contribution in [0.3, 0.4) is 0 Å². The third kappa shape index (κ3) is 6.37. The SMILES string of the molecule is Cc1ccc(C)c(NC(=O)C(Sc2cccc(NC(=O)c3ccc(F)cc3)c2)c2ccccc2)c1. The number of amides is 2. The molecule has 4 aromatic carbocycles. The van der Waals surface area contributed by atoms with Gasteiger partial charge in [0, 0.05) is 21.8 Å². The molecule has 0 aromatic heterocycles. The fourth-order valence-electron chi connectivity index (χ4n) is 3.56. The Balaban J connectivity index is 1.55. The molecule has 0 aliphatic carbocycles. The maximum atomic E-state index is 13.4. The molecule has 0 bridgehead atoms. The van der Waals surface area contributed by atoms with E-state index in [0.29, 0.717) is 11.3 Å². The lowest BCUT2D eigenvalue weighted by molar-refractivity contribution is -0.115. The molecule has 6 heteroatoms. The van der Waals surface area contributed by atoms with Crippen LogP contribution in [0.1, 0.15) is 32.3 Å². The number of rotatable bonds is 7. The van der Waals surface area contributed by atoms with Gasteiger partial charge in [-0.2, -0.15) is 0 Å². The van der Waals surface area contributed by atoms with Crippen molar-refractivity contribution in [2.45, 2.75) is 24.0 Å². The minimum atomic E-state index is -0.501. The Morgan fingerprint density at radius 1 is 0.800 bits per heavy atom. The Morgan fingerprint density at radius 2 is 1.54 bits per heavy atom. The van der Waals surface area contributed by atoms with Crippen LogP contribution in [0, 0.1) is 19.7 Å². The summed E-state index contributed by atoms with van der Waals surface area (Å²) >= 11 is 1.41. The quantitative estimate of drug-likeness (QED) is 0.274. The van der Waals surface area contributed by atoms with Crippen molar-refractivity contribution in [1.29, 1.82) is 0 Å². The van der Waals surface area contributed by atoms with Crippen molar-refractivity contribution in [1.82, 2.24) is 0 Å². The van der Waals surface area contributed by atoms with Crippen LogP contribution < -0.4 is 10.6 Å². The molecule has 0 fully saturated rings. The van der Waals surface area contributed by atoms with Crippen molar-refractivity contribution in [2.24, 2.45) is 0 Å². The molecule has 0 radical (unpaired) electrons. The molecule has 176 valence electrons. The first kappa shape index (κ1) is 24.2. The number of thioether (sulfide) groups is 1. The average molecular weight is 485 g/mol. The molecule has 0 spiro atoms. The molecule has 4 nitrogen and oxygen atoms in total. The van der Waals surface area contributed by atoms with E-state index in [9.17, 15) is 14.0 Å². The second kappa shape index (κ2) is 11.0. The number of benzene rings is 4. The Hall–Kier alpha value is -3.90. The number of carbonyl (C=O) groups excluding carboxylic acids is 2. The molecule has 1 unspecified atom stereocenters. The highest BCUT2D eigenvalue weighted by Gasteiger charge is 2.23. The number of nitrogens with one attached hydrogen (secondary N) is 2. The molecule has 35 heavy (non-hydrogen) atoms. The van der Waals surface area contributed by atoms with Gasteiger partial charge in [0.1, 0.15) is 11.1 Å². The lowest BCUT2D eigenvalue weighted by Crippen LogP contribution is -2.19. The van der Waals surface area contributed by atoms with Gasteiger partial charge >= 0.3 is 0 Å². The Labute approximate surface area is 208 Å². The minimum Gasteiger partial charge on any atom is -0.325 e. The third-order valence-electron chi connectivity index (χ3n) is 5.44. The molecule has 0 heterocycles. The van der Waals surface area contributed by atoms with Gasteiger partial charge in [0.05, 0.1) is 0 Å². The van der Waals surface area contributed by atoms with Gasteiger partial charge in [-0.15, -0.1) is 11.8 Å². The first-order chi connectivity index (χ1) is 16.9. The number of halogens is 1. The summed E-state index contributed by atoms with van der Waals surface area (Å²) in [6, 6.07) is 28.3. The average Bonchev–Trinajstić information content (AvgIpc) is 2.86. The van der Waals surface area contributed by atoms with Crippen molar-refractivity contribution >= 4 is 35.0 Å². The third-order valence-corrected chi connectivity index (χ3v) is 6.69. The summed E-state index contributed by atoms with van der Waals surface area (Å²) < 4.78 is 13.2. The van der Waals surface area contributed by atoms with Gasteiger partial charge in [-0.05, 0) is 79.1 Å². The Morgan fingerprint density at radius 3 is 2.29 bits per heavy atom. The van der Waals surface area contributed by atoms with Crippen LogP contribution >= 0.6 is 11.8 Å². The summed E-state index contributed by atoms with van der Waals surface area (Å²) in [4.78, 5) is 26.8. The summed E-state index contributed by atoms with van der Waals surface area (Å²) in [7, 11) is 0. The fourth-order valence-corrected chi connectivity index (χ4v) is 4.64. The second-order valence-electron chi connectivity index (χ2n) is 8.21. The van der Waals surface area contributed by atoms with E-state index < -0.39 is 11.1 Å². The highest BCUT2D eigenvalue weighted by atomic mass is 32.2. The summed E-state index contributed by atoms with van der Waals surface area (Å²) in [6.07, 6.45) is 0. The molecular weight excluding hydrogens is 459 g/mol. The van der Waals surface area contributed by atoms with E-state index >= 15 is 0 Å². The molecule has 1 atom stereocenters. The van der Waals surface area contributed by atoms with Gasteiger partial charge in [0.25, 0.3) is 5.91 Å². The van der Waals surface area contributed by atoms with Gasteiger partial charge in [-0.3, -0.25) is 9.59 Å². The maximum Gasteiger partial charge on any atom is 0.255 e. The summed E-state index contributed by atoms with van der Waals surface area (Å²) in [5.74, 6) is -0.860. The van der Waals surface area contributed by atoms with Crippen LogP contribution in [0.15, 0.2) is 102 Å². The smallest absolute Gasteiger partial charge is 0.255 e. The lowest BCUT2D eigenvalue weighted by Gasteiger charge is -2.19. The summed E-state index contributed by atoms with van der Waals surface area (Å²) in [5.41, 5.74) is 4.68. The van der Waals surface area contributed by atoms with E-state index in [1.54, 1.807) is 6.07 Å². The van der Waals surface area contributed by atoms with Crippen LogP contribution in [0.5, 0.6) is 0 Å². The van der Waals surface area contributed by atoms with Gasteiger partial charge in [-0.1, -0.05) is 48.5 Å². The zero-order valence-electron chi connectivity index (χ0n) is 19.4. The van der Waals surface area contributed by atoms with Crippen LogP contribution in [0.2, 0.25) is 0 Å². The predicted octanol–water partition coefficient (Wildman–Crippen LogP) is 7.17. The van der Waals surface area contributed by atoms with Crippen LogP contribution in [0.25, 0.3) is 0 Å². The molecule has 2 N–H and O–H groups in total. The first-order valence-electron chi connectivity index (χ1n) is 11.2. The molecule has 0 saturated heterocycles. The number of aryl methyl sites for hydroxylation is 2. The van der Waals surface area contributed by atoms with Crippen LogP contribution in [0.4, 0.5) is 15.8 Å². The number of anilines is 2. The van der Waals surface area contributed by atoms with Crippen LogP contribution in [-0.2, 0) is 4.79 Å². The standard InChI is InChI=1S/C29H25FN2O2S/c1-19-11-12-20(2)26(17-19)32-29(34)27(21-7-4-3-5-8-21)35-25-10-6-9-24(18-25)31-28(33)22-13-15-23(30)16-14-22/h3-18,27H,1-2H3,(H,31,33)(H,32,34). The summed E-state index contributed by atoms with van der Waals surface area (Å²) in [6.45, 7) is 3.96. The van der Waals surface area contributed by atoms with Gasteiger partial charge in [-0.25, -0.2) is 4.39 Å². The molecule has 0 aliphatic heterocycles. The molecule has 0 aliphatic rings. The van der Waals surface area contributed by atoms with Crippen molar-refractivity contribution in [3.63, 3.8) is 0 Å². The molecule has 2 amide bonds. The maximum absolute atomic E-state index is 13.4. The zero-order valence-corrected chi connectivity index (χ0v) is 20.2. The van der Waals surface area contributed by atoms with Crippen LogP contribution in [-0.4, -0.2) is 11.8 Å². The molecule has 0 saturated carbocycles. The Kier molecular flexibility index (Phi) is 7.63. The van der Waals surface area contributed by atoms with Gasteiger partial charge in [0.15, 0.2) is 0 Å². The van der Waals surface area contributed by atoms with E-state index in [1.165, 1.54) is 36.0 Å². The number of hydrogen-bond donors (Lipinski definition) is 2. The fraction of sp³-hybridized carbons (Fsp3) is 0.103. The minimum absolute atomic E-state index is 0.129. The number of carbonyl (C=O) groups is 2. The first-order valence-corrected chi connectivity index (χ1v) is 12.0. The van der Waals surface area contributed by atoms with E-state index in [1.807, 2.05) is 80.6 Å². The van der Waals surface area contributed by atoms with Crippen molar-refractivity contribution in [2.75, 3.05) is 10.6 Å². The van der Waals surface area contributed by atoms with E-state index in [4.69, 9.17) is 0 Å². The molecular formula is C29H25FN2O2S. The van der Waals surface area contributed by atoms with E-state index in [0.717, 1.165) is 27.3 Å². The van der Waals surface area contributed by atoms with Crippen molar-refractivity contribution < 1.29 is 14.0 Å². The van der Waals surface area contributed by atoms with Crippen molar-refractivity contribution in [3.05, 3.63) is 125 Å². The van der Waals surface area contributed by atoms with E-state index in [-0.39, 0.29) is 11.8 Å². The molecule has 4 aromatic rings. The number of hydrogen-bond acceptors (Lipinski definition) is 3. The van der Waals surface area contributed by atoms with E-state index in [2.05, 4.69) is 10.6 Å². The Bertz CT molecular complexity index is 1340. The molecule has 4 rings (SSSR count). The largest absolute Gasteiger partial charge is 0.325 e. The summed E-state index contributed by atoms with van der Waals surface area (Å²) in [5, 5.41) is 5.42. The highest BCUT2D eigenvalue weighted by molar-refractivity contribution is 8.00. The predicted molar refractivity (Wildman–Crippen MR) is 140 cm³/mol. The normalized spacial score (nSPS) is 11.5. The highest BCUT2D eigenvalue weighted by Crippen LogP contribution is 2.37. The van der Waals surface area contributed by atoms with Gasteiger partial charge in [0.2, 0.25) is 5.91 Å². The topological polar surface area (TPSA) is 58.2 Å². The monoisotopic (exact) mass is 484 g/mol. The second-order valence-corrected chi connectivity index (χ2v) is 9.38.